The van der Waals surface area contributed by atoms with Gasteiger partial charge in [-0.15, -0.1) is 0 Å². The molecule has 1 amide bonds. The van der Waals surface area contributed by atoms with Crippen LogP contribution in [0.3, 0.4) is 0 Å². The fourth-order valence-electron chi connectivity index (χ4n) is 3.08. The topological polar surface area (TPSA) is 73.9 Å². The Hall–Kier alpha value is -1.33. The Morgan fingerprint density at radius 3 is 2.90 bits per heavy atom. The maximum atomic E-state index is 12.5. The maximum absolute atomic E-state index is 12.5. The summed E-state index contributed by atoms with van der Waals surface area (Å²) in [4.78, 5) is 14.2. The first-order chi connectivity index (χ1) is 9.54. The fourth-order valence-corrected chi connectivity index (χ4v) is 3.08. The first-order valence-electron chi connectivity index (χ1n) is 7.16. The number of rotatable bonds is 4. The van der Waals surface area contributed by atoms with E-state index in [-0.39, 0.29) is 12.5 Å². The summed E-state index contributed by atoms with van der Waals surface area (Å²) in [7, 11) is 0. The molecule has 2 N–H and O–H groups in total. The molecule has 2 heterocycles. The van der Waals surface area contributed by atoms with E-state index < -0.39 is 11.5 Å². The van der Waals surface area contributed by atoms with E-state index in [1.807, 2.05) is 6.92 Å². The molecule has 20 heavy (non-hydrogen) atoms. The molecule has 112 valence electrons. The number of aryl methyl sites for hydroxylation is 1. The lowest BCUT2D eigenvalue weighted by atomic mass is 9.74. The van der Waals surface area contributed by atoms with Crippen LogP contribution < -0.4 is 0 Å². The van der Waals surface area contributed by atoms with Gasteiger partial charge in [-0.25, -0.2) is 0 Å². The van der Waals surface area contributed by atoms with Gasteiger partial charge >= 0.3 is 0 Å². The Kier molecular flexibility index (Phi) is 4.50. The van der Waals surface area contributed by atoms with Gasteiger partial charge in [-0.2, -0.15) is 0 Å². The first kappa shape index (κ1) is 15.1. The zero-order valence-electron chi connectivity index (χ0n) is 12.1. The predicted molar refractivity (Wildman–Crippen MR) is 74.4 cm³/mol. The van der Waals surface area contributed by atoms with Crippen LogP contribution in [0.15, 0.2) is 16.7 Å². The summed E-state index contributed by atoms with van der Waals surface area (Å²) in [5, 5.41) is 19.9. The number of likely N-dealkylation sites (tertiary alicyclic amines) is 1. The van der Waals surface area contributed by atoms with Gasteiger partial charge in [-0.3, -0.25) is 4.79 Å². The molecule has 0 saturated carbocycles. The molecule has 1 aromatic heterocycles. The third-order valence-corrected chi connectivity index (χ3v) is 4.32. The molecular weight excluding hydrogens is 258 g/mol. The van der Waals surface area contributed by atoms with Crippen LogP contribution in [0.25, 0.3) is 0 Å². The maximum Gasteiger partial charge on any atom is 0.257 e. The average Bonchev–Trinajstić information content (AvgIpc) is 2.87. The molecule has 1 aliphatic heterocycles. The highest BCUT2D eigenvalue weighted by atomic mass is 16.3. The summed E-state index contributed by atoms with van der Waals surface area (Å²) >= 11 is 0. The van der Waals surface area contributed by atoms with Gasteiger partial charge in [-0.1, -0.05) is 13.3 Å². The monoisotopic (exact) mass is 281 g/mol. The Bertz CT molecular complexity index is 470. The van der Waals surface area contributed by atoms with E-state index in [4.69, 9.17) is 4.42 Å². The third-order valence-electron chi connectivity index (χ3n) is 4.32. The normalized spacial score (nSPS) is 26.8. The summed E-state index contributed by atoms with van der Waals surface area (Å²) in [5.74, 6) is 0.517. The highest BCUT2D eigenvalue weighted by molar-refractivity contribution is 5.95. The van der Waals surface area contributed by atoms with Crippen LogP contribution in [0.1, 0.15) is 42.3 Å². The quantitative estimate of drug-likeness (QED) is 0.878. The second-order valence-electron chi connectivity index (χ2n) is 5.69. The number of aliphatic hydroxyl groups is 2. The fraction of sp³-hybridized carbons (Fsp3) is 0.667. The molecule has 1 aromatic rings. The highest BCUT2D eigenvalue weighted by Gasteiger charge is 2.43. The van der Waals surface area contributed by atoms with Crippen molar-refractivity contribution in [3.8, 4) is 0 Å². The number of carbonyl (C=O) groups excluding carboxylic acids is 1. The minimum Gasteiger partial charge on any atom is -0.469 e. The number of carbonyl (C=O) groups is 1. The summed E-state index contributed by atoms with van der Waals surface area (Å²) < 4.78 is 5.18. The molecule has 1 aliphatic rings. The van der Waals surface area contributed by atoms with Gasteiger partial charge in [0.1, 0.15) is 5.76 Å². The predicted octanol–water partition coefficient (Wildman–Crippen LogP) is 1.57. The second-order valence-corrected chi connectivity index (χ2v) is 5.69. The molecule has 0 radical (unpaired) electrons. The highest BCUT2D eigenvalue weighted by Crippen LogP contribution is 2.35. The molecule has 1 saturated heterocycles. The SMILES string of the molecule is CCC[C@@]1(CO)CN(C(=O)c2ccoc2C)CC[C@H]1O. The Balaban J connectivity index is 2.18. The number of amides is 1. The number of nitrogens with zero attached hydrogens (tertiary/aromatic N) is 1. The van der Waals surface area contributed by atoms with Crippen molar-refractivity contribution in [1.82, 2.24) is 4.90 Å². The number of hydrogen-bond acceptors (Lipinski definition) is 4. The van der Waals surface area contributed by atoms with Crippen molar-refractivity contribution >= 4 is 5.91 Å². The van der Waals surface area contributed by atoms with E-state index in [2.05, 4.69) is 0 Å². The van der Waals surface area contributed by atoms with Crippen molar-refractivity contribution in [1.29, 1.82) is 0 Å². The van der Waals surface area contributed by atoms with Gasteiger partial charge in [0.2, 0.25) is 0 Å². The molecule has 2 atom stereocenters. The lowest BCUT2D eigenvalue weighted by molar-refractivity contribution is -0.0720. The van der Waals surface area contributed by atoms with Crippen LogP contribution in [-0.4, -0.2) is 46.8 Å². The van der Waals surface area contributed by atoms with E-state index in [9.17, 15) is 15.0 Å². The average molecular weight is 281 g/mol. The van der Waals surface area contributed by atoms with Crippen molar-refractivity contribution in [3.63, 3.8) is 0 Å². The van der Waals surface area contributed by atoms with Crippen LogP contribution in [0.4, 0.5) is 0 Å². The Morgan fingerprint density at radius 2 is 2.35 bits per heavy atom. The third kappa shape index (κ3) is 2.60. The van der Waals surface area contributed by atoms with E-state index in [0.717, 1.165) is 6.42 Å². The van der Waals surface area contributed by atoms with Gasteiger partial charge in [0.25, 0.3) is 5.91 Å². The Morgan fingerprint density at radius 1 is 1.60 bits per heavy atom. The van der Waals surface area contributed by atoms with Crippen molar-refractivity contribution in [2.24, 2.45) is 5.41 Å². The molecular formula is C15H23NO4. The lowest BCUT2D eigenvalue weighted by Crippen LogP contribution is -2.55. The zero-order valence-corrected chi connectivity index (χ0v) is 12.1. The molecule has 0 unspecified atom stereocenters. The summed E-state index contributed by atoms with van der Waals surface area (Å²) in [6.07, 6.45) is 3.03. The summed E-state index contributed by atoms with van der Waals surface area (Å²) in [5.41, 5.74) is -0.0370. The van der Waals surface area contributed by atoms with Crippen LogP contribution in [0.2, 0.25) is 0 Å². The van der Waals surface area contributed by atoms with Gasteiger partial charge in [-0.05, 0) is 25.8 Å². The van der Waals surface area contributed by atoms with Gasteiger partial charge in [0, 0.05) is 18.5 Å². The molecule has 5 nitrogen and oxygen atoms in total. The van der Waals surface area contributed by atoms with Crippen LogP contribution in [0.5, 0.6) is 0 Å². The van der Waals surface area contributed by atoms with Crippen molar-refractivity contribution in [3.05, 3.63) is 23.7 Å². The van der Waals surface area contributed by atoms with E-state index in [1.165, 1.54) is 6.26 Å². The Labute approximate surface area is 119 Å². The van der Waals surface area contributed by atoms with Gasteiger partial charge in [0.15, 0.2) is 0 Å². The molecule has 1 fully saturated rings. The number of aliphatic hydroxyl groups excluding tert-OH is 2. The van der Waals surface area contributed by atoms with E-state index >= 15 is 0 Å². The van der Waals surface area contributed by atoms with E-state index in [1.54, 1.807) is 17.9 Å². The summed E-state index contributed by atoms with van der Waals surface area (Å²) in [6.45, 7) is 4.58. The van der Waals surface area contributed by atoms with E-state index in [0.29, 0.717) is 37.3 Å². The number of hydrogen-bond donors (Lipinski definition) is 2. The van der Waals surface area contributed by atoms with Crippen LogP contribution >= 0.6 is 0 Å². The molecule has 2 rings (SSSR count). The first-order valence-corrected chi connectivity index (χ1v) is 7.16. The van der Waals surface area contributed by atoms with Crippen molar-refractivity contribution in [2.45, 2.75) is 39.2 Å². The number of furan rings is 1. The smallest absolute Gasteiger partial charge is 0.257 e. The summed E-state index contributed by atoms with van der Waals surface area (Å²) in [6, 6.07) is 1.67. The minimum atomic E-state index is -0.597. The molecule has 0 bridgehead atoms. The van der Waals surface area contributed by atoms with Crippen molar-refractivity contribution < 1.29 is 19.4 Å². The molecule has 0 aliphatic carbocycles. The largest absolute Gasteiger partial charge is 0.469 e. The van der Waals surface area contributed by atoms with Crippen molar-refractivity contribution in [2.75, 3.05) is 19.7 Å². The zero-order chi connectivity index (χ0) is 14.8. The molecule has 0 aromatic carbocycles. The van der Waals surface area contributed by atoms with Crippen LogP contribution in [0, 0.1) is 12.3 Å². The van der Waals surface area contributed by atoms with Gasteiger partial charge < -0.3 is 19.5 Å². The second kappa shape index (κ2) is 5.97. The minimum absolute atomic E-state index is 0.0860. The van der Waals surface area contributed by atoms with Crippen LogP contribution in [-0.2, 0) is 0 Å². The molecule has 5 heteroatoms. The lowest BCUT2D eigenvalue weighted by Gasteiger charge is -2.45. The molecule has 0 spiro atoms. The van der Waals surface area contributed by atoms with Gasteiger partial charge in [0.05, 0.1) is 24.5 Å². The standard InChI is InChI=1S/C15H23NO4/c1-3-6-15(10-17)9-16(7-4-13(15)18)14(19)12-5-8-20-11(12)2/h5,8,13,17-18H,3-4,6-7,9-10H2,1-2H3/t13-,15+/m1/s1. The number of piperidine rings is 1.